The molecule has 2 aromatic heterocycles. The molecule has 0 amide bonds. The summed E-state index contributed by atoms with van der Waals surface area (Å²) in [7, 11) is 0. The molecule has 51 heavy (non-hydrogen) atoms. The van der Waals surface area contributed by atoms with Crippen LogP contribution in [0.2, 0.25) is 0 Å². The van der Waals surface area contributed by atoms with Gasteiger partial charge in [-0.1, -0.05) is 26.0 Å². The Kier molecular flexibility index (Phi) is 10.0. The second kappa shape index (κ2) is 14.1. The Balaban J connectivity index is 1.26. The largest absolute Gasteiger partial charge is 0.416 e. The van der Waals surface area contributed by atoms with E-state index in [0.29, 0.717) is 67.2 Å². The van der Waals surface area contributed by atoms with Crippen molar-refractivity contribution in [2.24, 2.45) is 5.41 Å². The Morgan fingerprint density at radius 3 is 2.10 bits per heavy atom. The summed E-state index contributed by atoms with van der Waals surface area (Å²) < 4.78 is 86.6. The van der Waals surface area contributed by atoms with E-state index in [4.69, 9.17) is 4.98 Å². The van der Waals surface area contributed by atoms with E-state index in [1.54, 1.807) is 0 Å². The van der Waals surface area contributed by atoms with Crippen LogP contribution in [0.15, 0.2) is 36.7 Å². The highest BCUT2D eigenvalue weighted by Crippen LogP contribution is 2.52. The van der Waals surface area contributed by atoms with Crippen molar-refractivity contribution in [3.8, 4) is 0 Å². The van der Waals surface area contributed by atoms with Gasteiger partial charge in [-0.3, -0.25) is 4.98 Å². The van der Waals surface area contributed by atoms with Crippen LogP contribution in [-0.2, 0) is 12.6 Å². The molecule has 0 bridgehead atoms. The monoisotopic (exact) mass is 733 g/mol. The molecule has 2 aliphatic heterocycles. The number of aromatic nitrogens is 3. The molecule has 2 saturated heterocycles. The first-order valence-electron chi connectivity index (χ1n) is 18.0. The Morgan fingerprint density at radius 1 is 0.863 bits per heavy atom. The number of piperidine rings is 1. The summed E-state index contributed by atoms with van der Waals surface area (Å²) in [5, 5.41) is 11.6. The molecule has 4 heterocycles. The van der Waals surface area contributed by atoms with Gasteiger partial charge in [0, 0.05) is 73.3 Å². The van der Waals surface area contributed by atoms with Crippen molar-refractivity contribution in [3.05, 3.63) is 75.9 Å². The average Bonchev–Trinajstić information content (AvgIpc) is 3.10. The van der Waals surface area contributed by atoms with Crippen molar-refractivity contribution in [1.82, 2.24) is 15.0 Å². The summed E-state index contributed by atoms with van der Waals surface area (Å²) in [5.74, 6) is -0.718. The van der Waals surface area contributed by atoms with Gasteiger partial charge in [-0.15, -0.1) is 0 Å². The number of hydrogen-bond acceptors (Lipinski definition) is 7. The number of pyridine rings is 1. The third-order valence-corrected chi connectivity index (χ3v) is 12.2. The van der Waals surface area contributed by atoms with Crippen LogP contribution in [0.4, 0.5) is 38.0 Å². The quantitative estimate of drug-likeness (QED) is 0.254. The molecule has 3 fully saturated rings. The lowest BCUT2D eigenvalue weighted by Crippen LogP contribution is -2.36. The number of anilines is 2. The van der Waals surface area contributed by atoms with E-state index >= 15 is 4.39 Å². The lowest BCUT2D eigenvalue weighted by Gasteiger charge is -2.41. The molecule has 2 aliphatic carbocycles. The minimum Gasteiger partial charge on any atom is -0.388 e. The lowest BCUT2D eigenvalue weighted by molar-refractivity contribution is -0.137. The number of halogens is 6. The molecule has 1 saturated carbocycles. The number of rotatable bonds is 6. The van der Waals surface area contributed by atoms with Crippen molar-refractivity contribution in [2.75, 3.05) is 47.5 Å². The lowest BCUT2D eigenvalue weighted by atomic mass is 9.68. The van der Waals surface area contributed by atoms with Crippen LogP contribution in [0.5, 0.6) is 0 Å². The third-order valence-electron chi connectivity index (χ3n) is 11.2. The first-order chi connectivity index (χ1) is 24.2. The zero-order chi connectivity index (χ0) is 36.1. The number of alkyl halides is 6. The van der Waals surface area contributed by atoms with E-state index in [1.165, 1.54) is 0 Å². The Bertz CT molecular complexity index is 1680. The van der Waals surface area contributed by atoms with Gasteiger partial charge in [0.2, 0.25) is 11.9 Å². The Morgan fingerprint density at radius 2 is 1.49 bits per heavy atom. The van der Waals surface area contributed by atoms with E-state index in [1.807, 2.05) is 38.0 Å². The smallest absolute Gasteiger partial charge is 0.388 e. The number of fused-ring (bicyclic) bond motifs is 1. The van der Waals surface area contributed by atoms with E-state index in [9.17, 15) is 27.1 Å². The number of hydrogen-bond donors (Lipinski definition) is 1. The fourth-order valence-corrected chi connectivity index (χ4v) is 9.43. The minimum atomic E-state index is -4.58. The summed E-state index contributed by atoms with van der Waals surface area (Å²) in [6.07, 6.45) is -2.01. The average molecular weight is 734 g/mol. The van der Waals surface area contributed by atoms with E-state index in [0.717, 1.165) is 54.5 Å². The molecule has 276 valence electrons. The second-order valence-electron chi connectivity index (χ2n) is 15.5. The van der Waals surface area contributed by atoms with Crippen LogP contribution < -0.4 is 9.80 Å². The number of aliphatic hydroxyl groups is 1. The molecule has 1 aromatic carbocycles. The number of thioether (sulfide) groups is 1. The summed E-state index contributed by atoms with van der Waals surface area (Å²) in [6.45, 7) is 7.16. The van der Waals surface area contributed by atoms with Gasteiger partial charge in [0.15, 0.2) is 6.17 Å². The summed E-state index contributed by atoms with van der Waals surface area (Å²) in [5.41, 5.74) is 2.35. The highest BCUT2D eigenvalue weighted by molar-refractivity contribution is 7.99. The van der Waals surface area contributed by atoms with Crippen molar-refractivity contribution in [2.45, 2.75) is 101 Å². The Labute approximate surface area is 299 Å². The molecule has 0 unspecified atom stereocenters. The molecule has 1 N–H and O–H groups in total. The van der Waals surface area contributed by atoms with Crippen LogP contribution >= 0.6 is 11.8 Å². The van der Waals surface area contributed by atoms with Gasteiger partial charge >= 0.3 is 6.18 Å². The van der Waals surface area contributed by atoms with Crippen LogP contribution in [0.1, 0.15) is 122 Å². The third kappa shape index (κ3) is 7.70. The molecule has 6 nitrogen and oxygen atoms in total. The molecule has 4 aliphatic rings. The van der Waals surface area contributed by atoms with Gasteiger partial charge in [0.05, 0.1) is 35.4 Å². The molecule has 2 atom stereocenters. The van der Waals surface area contributed by atoms with Gasteiger partial charge in [0.1, 0.15) is 0 Å². The number of benzene rings is 1. The summed E-state index contributed by atoms with van der Waals surface area (Å²) >= 11 is 1.93. The van der Waals surface area contributed by atoms with Crippen LogP contribution in [0, 0.1) is 5.41 Å². The fraction of sp³-hybridized carbons (Fsp3) is 0.605. The van der Waals surface area contributed by atoms with Crippen LogP contribution in [-0.4, -0.2) is 63.7 Å². The maximum absolute atomic E-state index is 17.3. The molecule has 0 spiro atoms. The van der Waals surface area contributed by atoms with E-state index in [2.05, 4.69) is 19.8 Å². The predicted molar refractivity (Wildman–Crippen MR) is 188 cm³/mol. The van der Waals surface area contributed by atoms with Crippen molar-refractivity contribution < 1.29 is 31.4 Å². The normalized spacial score (nSPS) is 23.6. The van der Waals surface area contributed by atoms with E-state index in [-0.39, 0.29) is 48.1 Å². The van der Waals surface area contributed by atoms with Crippen LogP contribution in [0.3, 0.4) is 0 Å². The maximum Gasteiger partial charge on any atom is 0.416 e. The van der Waals surface area contributed by atoms with Gasteiger partial charge in [0.25, 0.3) is 0 Å². The van der Waals surface area contributed by atoms with E-state index < -0.39 is 35.9 Å². The second-order valence-corrected chi connectivity index (χ2v) is 16.7. The first-order valence-corrected chi connectivity index (χ1v) is 19.2. The molecular formula is C38H45F6N5OS. The minimum absolute atomic E-state index is 0.0391. The topological polar surface area (TPSA) is 65.4 Å². The first kappa shape index (κ1) is 36.3. The zero-order valence-corrected chi connectivity index (χ0v) is 29.8. The van der Waals surface area contributed by atoms with Gasteiger partial charge < -0.3 is 14.9 Å². The molecule has 0 radical (unpaired) electrons. The number of nitrogens with zero attached hydrogens (tertiary/aromatic N) is 5. The maximum atomic E-state index is 17.3. The van der Waals surface area contributed by atoms with Crippen LogP contribution in [0.25, 0.3) is 0 Å². The summed E-state index contributed by atoms with van der Waals surface area (Å²) in [4.78, 5) is 18.9. The SMILES string of the molecule is CC1(C)Cc2nc(C3CCN(c4ncc(N5CCSCC5)cn4)CC3)c([C@@H](F)c3ccc(C(F)(F)F)cc3)c(C3CCC(F)(F)CC3)c2[C@@H](O)C1. The van der Waals surface area contributed by atoms with Gasteiger partial charge in [-0.05, 0) is 73.1 Å². The zero-order valence-electron chi connectivity index (χ0n) is 29.0. The summed E-state index contributed by atoms with van der Waals surface area (Å²) in [6, 6.07) is 4.06. The van der Waals surface area contributed by atoms with Crippen molar-refractivity contribution >= 4 is 23.4 Å². The standard InChI is InChI=1S/C38H45F6N5OS/c1-36(2)19-28-31(29(50)20-36)30(23-7-11-37(40,41)12-8-23)32(33(39)24-3-5-26(6-4-24)38(42,43)44)34(47-28)25-9-13-49(14-10-25)35-45-21-27(22-46-35)48-15-17-51-18-16-48/h3-6,21-23,25,29,33,50H,7-20H2,1-2H3/t29-,33-/m0/s1. The molecule has 7 rings (SSSR count). The van der Waals surface area contributed by atoms with Gasteiger partial charge in [-0.25, -0.2) is 23.1 Å². The van der Waals surface area contributed by atoms with Gasteiger partial charge in [-0.2, -0.15) is 24.9 Å². The Hall–Kier alpha value is -3.06. The fourth-order valence-electron chi connectivity index (χ4n) is 8.53. The van der Waals surface area contributed by atoms with Crippen molar-refractivity contribution in [3.63, 3.8) is 0 Å². The predicted octanol–water partition coefficient (Wildman–Crippen LogP) is 9.19. The molecule has 3 aromatic rings. The molecular weight excluding hydrogens is 689 g/mol. The highest BCUT2D eigenvalue weighted by atomic mass is 32.2. The van der Waals surface area contributed by atoms with Crippen molar-refractivity contribution in [1.29, 1.82) is 0 Å². The molecule has 13 heteroatoms. The highest BCUT2D eigenvalue weighted by Gasteiger charge is 2.44. The number of aliphatic hydroxyl groups excluding tert-OH is 1.